The zero-order chi connectivity index (χ0) is 18.4. The van der Waals surface area contributed by atoms with E-state index in [0.717, 1.165) is 21.3 Å². The standard InChI is InChI=1S/C20H24BrNO2S/c1-20(2,3)17-11-15(21)7-10-18(17)24-13-19(23)22-12-14-5-8-16(25-4)9-6-14/h5-11H,12-13H2,1-4H3,(H,22,23). The van der Waals surface area contributed by atoms with Crippen molar-refractivity contribution in [1.82, 2.24) is 5.32 Å². The molecule has 0 aromatic heterocycles. The monoisotopic (exact) mass is 421 g/mol. The molecule has 0 spiro atoms. The second kappa shape index (κ2) is 8.77. The van der Waals surface area contributed by atoms with Gasteiger partial charge in [0.05, 0.1) is 0 Å². The molecule has 0 aliphatic rings. The lowest BCUT2D eigenvalue weighted by Gasteiger charge is -2.23. The first-order valence-corrected chi connectivity index (χ1v) is 10.1. The Bertz CT molecular complexity index is 723. The van der Waals surface area contributed by atoms with Crippen LogP contribution in [0.2, 0.25) is 0 Å². The molecule has 0 heterocycles. The van der Waals surface area contributed by atoms with E-state index >= 15 is 0 Å². The van der Waals surface area contributed by atoms with Gasteiger partial charge in [0.15, 0.2) is 6.61 Å². The summed E-state index contributed by atoms with van der Waals surface area (Å²) >= 11 is 5.19. The maximum absolute atomic E-state index is 12.1. The molecule has 0 saturated carbocycles. The van der Waals surface area contributed by atoms with E-state index in [0.29, 0.717) is 6.54 Å². The summed E-state index contributed by atoms with van der Waals surface area (Å²) in [4.78, 5) is 13.3. The van der Waals surface area contributed by atoms with E-state index in [2.05, 4.69) is 54.2 Å². The molecule has 134 valence electrons. The molecule has 0 atom stereocenters. The van der Waals surface area contributed by atoms with Gasteiger partial charge in [0, 0.05) is 21.5 Å². The van der Waals surface area contributed by atoms with E-state index < -0.39 is 0 Å². The van der Waals surface area contributed by atoms with Crippen molar-refractivity contribution in [2.75, 3.05) is 12.9 Å². The van der Waals surface area contributed by atoms with Gasteiger partial charge in [0.1, 0.15) is 5.75 Å². The molecule has 5 heteroatoms. The van der Waals surface area contributed by atoms with Crippen molar-refractivity contribution in [2.45, 2.75) is 37.6 Å². The van der Waals surface area contributed by atoms with Crippen LogP contribution in [-0.4, -0.2) is 18.8 Å². The minimum absolute atomic E-state index is 0.00755. The van der Waals surface area contributed by atoms with E-state index in [4.69, 9.17) is 4.74 Å². The number of rotatable bonds is 6. The highest BCUT2D eigenvalue weighted by Crippen LogP contribution is 2.33. The molecule has 2 aromatic rings. The molecule has 0 unspecified atom stereocenters. The minimum Gasteiger partial charge on any atom is -0.483 e. The molecule has 25 heavy (non-hydrogen) atoms. The Morgan fingerprint density at radius 2 is 1.84 bits per heavy atom. The fraction of sp³-hybridized carbons (Fsp3) is 0.350. The van der Waals surface area contributed by atoms with Crippen LogP contribution in [0.15, 0.2) is 51.8 Å². The molecule has 3 nitrogen and oxygen atoms in total. The summed E-state index contributed by atoms with van der Waals surface area (Å²) in [7, 11) is 0. The Morgan fingerprint density at radius 3 is 2.44 bits per heavy atom. The van der Waals surface area contributed by atoms with Crippen molar-refractivity contribution in [1.29, 1.82) is 0 Å². The summed E-state index contributed by atoms with van der Waals surface area (Å²) in [5.41, 5.74) is 2.08. The first-order valence-electron chi connectivity index (χ1n) is 8.12. The summed E-state index contributed by atoms with van der Waals surface area (Å²) in [6, 6.07) is 14.0. The number of hydrogen-bond donors (Lipinski definition) is 1. The highest BCUT2D eigenvalue weighted by atomic mass is 79.9. The second-order valence-corrected chi connectivity index (χ2v) is 8.60. The third-order valence-corrected chi connectivity index (χ3v) is 4.99. The second-order valence-electron chi connectivity index (χ2n) is 6.80. The molecule has 2 aromatic carbocycles. The fourth-order valence-corrected chi connectivity index (χ4v) is 3.12. The quantitative estimate of drug-likeness (QED) is 0.654. The zero-order valence-corrected chi connectivity index (χ0v) is 17.5. The Labute approximate surface area is 162 Å². The first-order chi connectivity index (χ1) is 11.8. The van der Waals surface area contributed by atoms with Crippen LogP contribution < -0.4 is 10.1 Å². The predicted molar refractivity (Wildman–Crippen MR) is 108 cm³/mol. The SMILES string of the molecule is CSc1ccc(CNC(=O)COc2ccc(Br)cc2C(C)(C)C)cc1. The number of ether oxygens (including phenoxy) is 1. The number of amides is 1. The zero-order valence-electron chi connectivity index (χ0n) is 15.1. The molecule has 0 aliphatic carbocycles. The minimum atomic E-state index is -0.128. The predicted octanol–water partition coefficient (Wildman–Crippen LogP) is 5.16. The Hall–Kier alpha value is -1.46. The lowest BCUT2D eigenvalue weighted by Crippen LogP contribution is -2.29. The van der Waals surface area contributed by atoms with Gasteiger partial charge < -0.3 is 10.1 Å². The van der Waals surface area contributed by atoms with Crippen molar-refractivity contribution in [2.24, 2.45) is 0 Å². The average Bonchev–Trinajstić information content (AvgIpc) is 2.58. The molecule has 1 amide bonds. The Morgan fingerprint density at radius 1 is 1.16 bits per heavy atom. The van der Waals surface area contributed by atoms with Gasteiger partial charge in [-0.25, -0.2) is 0 Å². The number of hydrogen-bond acceptors (Lipinski definition) is 3. The van der Waals surface area contributed by atoms with Crippen LogP contribution in [-0.2, 0) is 16.8 Å². The van der Waals surface area contributed by atoms with Crippen LogP contribution in [0.1, 0.15) is 31.9 Å². The first kappa shape index (κ1) is 19.9. The van der Waals surface area contributed by atoms with Crippen molar-refractivity contribution >= 4 is 33.6 Å². The van der Waals surface area contributed by atoms with Gasteiger partial charge >= 0.3 is 0 Å². The normalized spacial score (nSPS) is 11.2. The molecular formula is C20H24BrNO2S. The third kappa shape index (κ3) is 6.08. The maximum Gasteiger partial charge on any atom is 0.258 e. The van der Waals surface area contributed by atoms with Crippen molar-refractivity contribution in [3.63, 3.8) is 0 Å². The molecule has 0 saturated heterocycles. The smallest absolute Gasteiger partial charge is 0.258 e. The number of benzene rings is 2. The lowest BCUT2D eigenvalue weighted by atomic mass is 9.86. The van der Waals surface area contributed by atoms with E-state index in [9.17, 15) is 4.79 Å². The maximum atomic E-state index is 12.1. The third-order valence-electron chi connectivity index (χ3n) is 3.76. The van der Waals surface area contributed by atoms with Crippen LogP contribution in [0.25, 0.3) is 0 Å². The number of halogens is 1. The Balaban J connectivity index is 1.91. The van der Waals surface area contributed by atoms with Gasteiger partial charge in [0.25, 0.3) is 5.91 Å². The van der Waals surface area contributed by atoms with E-state index in [1.165, 1.54) is 4.90 Å². The van der Waals surface area contributed by atoms with Crippen LogP contribution in [0.5, 0.6) is 5.75 Å². The molecular weight excluding hydrogens is 398 g/mol. The molecule has 2 rings (SSSR count). The van der Waals surface area contributed by atoms with Crippen LogP contribution in [0.3, 0.4) is 0 Å². The van der Waals surface area contributed by atoms with E-state index in [-0.39, 0.29) is 17.9 Å². The van der Waals surface area contributed by atoms with Crippen LogP contribution in [0, 0.1) is 0 Å². The van der Waals surface area contributed by atoms with Gasteiger partial charge in [0.2, 0.25) is 0 Å². The molecule has 0 aliphatic heterocycles. The van der Waals surface area contributed by atoms with Crippen LogP contribution >= 0.6 is 27.7 Å². The van der Waals surface area contributed by atoms with Gasteiger partial charge in [-0.2, -0.15) is 0 Å². The van der Waals surface area contributed by atoms with Crippen molar-refractivity contribution in [3.8, 4) is 5.75 Å². The van der Waals surface area contributed by atoms with Crippen molar-refractivity contribution < 1.29 is 9.53 Å². The molecule has 0 fully saturated rings. The molecule has 0 bridgehead atoms. The number of carbonyl (C=O) groups excluding carboxylic acids is 1. The highest BCUT2D eigenvalue weighted by molar-refractivity contribution is 9.10. The molecule has 0 radical (unpaired) electrons. The van der Waals surface area contributed by atoms with E-state index in [1.54, 1.807) is 11.8 Å². The van der Waals surface area contributed by atoms with Gasteiger partial charge in [-0.3, -0.25) is 4.79 Å². The molecule has 1 N–H and O–H groups in total. The largest absolute Gasteiger partial charge is 0.483 e. The highest BCUT2D eigenvalue weighted by Gasteiger charge is 2.20. The summed E-state index contributed by atoms with van der Waals surface area (Å²) in [5.74, 6) is 0.617. The van der Waals surface area contributed by atoms with Gasteiger partial charge in [-0.1, -0.05) is 48.8 Å². The topological polar surface area (TPSA) is 38.3 Å². The lowest BCUT2D eigenvalue weighted by molar-refractivity contribution is -0.123. The average molecular weight is 422 g/mol. The summed E-state index contributed by atoms with van der Waals surface area (Å²) < 4.78 is 6.77. The van der Waals surface area contributed by atoms with Gasteiger partial charge in [-0.05, 0) is 47.6 Å². The van der Waals surface area contributed by atoms with Crippen LogP contribution in [0.4, 0.5) is 0 Å². The Kier molecular flexibility index (Phi) is 6.96. The van der Waals surface area contributed by atoms with Gasteiger partial charge in [-0.15, -0.1) is 11.8 Å². The fourth-order valence-electron chi connectivity index (χ4n) is 2.35. The summed E-state index contributed by atoms with van der Waals surface area (Å²) in [5, 5.41) is 2.90. The van der Waals surface area contributed by atoms with E-state index in [1.807, 2.05) is 36.6 Å². The number of nitrogens with one attached hydrogen (secondary N) is 1. The van der Waals surface area contributed by atoms with Crippen molar-refractivity contribution in [3.05, 3.63) is 58.1 Å². The summed E-state index contributed by atoms with van der Waals surface area (Å²) in [6.45, 7) is 6.89. The number of thioether (sulfide) groups is 1. The summed E-state index contributed by atoms with van der Waals surface area (Å²) in [6.07, 6.45) is 2.04. The number of carbonyl (C=O) groups is 1.